The van der Waals surface area contributed by atoms with E-state index in [9.17, 15) is 9.59 Å². The maximum Gasteiger partial charge on any atom is 0.244 e. The molecule has 1 aliphatic carbocycles. The largest absolute Gasteiger partial charge is 0.344 e. The Morgan fingerprint density at radius 2 is 1.69 bits per heavy atom. The highest BCUT2D eigenvalue weighted by atomic mass is 16.2. The summed E-state index contributed by atoms with van der Waals surface area (Å²) < 4.78 is 0. The number of piperidine rings is 1. The van der Waals surface area contributed by atoms with E-state index in [2.05, 4.69) is 29.6 Å². The van der Waals surface area contributed by atoms with E-state index in [4.69, 9.17) is 0 Å². The Labute approximate surface area is 157 Å². The van der Waals surface area contributed by atoms with Gasteiger partial charge in [-0.1, -0.05) is 49.6 Å². The topological polar surface area (TPSA) is 49.4 Å². The highest BCUT2D eigenvalue weighted by Crippen LogP contribution is 2.24. The summed E-state index contributed by atoms with van der Waals surface area (Å²) in [6, 6.07) is 10.2. The van der Waals surface area contributed by atoms with Crippen molar-refractivity contribution in [1.82, 2.24) is 10.2 Å². The molecule has 1 heterocycles. The fourth-order valence-corrected chi connectivity index (χ4v) is 4.34. The van der Waals surface area contributed by atoms with E-state index in [-0.39, 0.29) is 17.7 Å². The maximum absolute atomic E-state index is 12.7. The van der Waals surface area contributed by atoms with Crippen molar-refractivity contribution in [3.63, 3.8) is 0 Å². The molecule has 2 fully saturated rings. The van der Waals surface area contributed by atoms with E-state index in [0.717, 1.165) is 58.0 Å². The van der Waals surface area contributed by atoms with Crippen molar-refractivity contribution in [2.75, 3.05) is 13.1 Å². The van der Waals surface area contributed by atoms with Crippen LogP contribution in [0.5, 0.6) is 0 Å². The van der Waals surface area contributed by atoms with Gasteiger partial charge >= 0.3 is 0 Å². The molecule has 142 valence electrons. The summed E-state index contributed by atoms with van der Waals surface area (Å²) in [5, 5.41) is 2.97. The Morgan fingerprint density at radius 1 is 1.04 bits per heavy atom. The molecular formula is C22H32N2O2. The summed E-state index contributed by atoms with van der Waals surface area (Å²) >= 11 is 0. The summed E-state index contributed by atoms with van der Waals surface area (Å²) in [5.74, 6) is 0.904. The molecule has 0 unspecified atom stereocenters. The van der Waals surface area contributed by atoms with Crippen molar-refractivity contribution in [2.45, 2.75) is 64.3 Å². The lowest BCUT2D eigenvalue weighted by atomic mass is 9.88. The number of rotatable bonds is 5. The van der Waals surface area contributed by atoms with Crippen molar-refractivity contribution < 1.29 is 9.59 Å². The number of nitrogens with one attached hydrogen (secondary N) is 1. The first-order valence-corrected chi connectivity index (χ1v) is 10.3. The molecule has 1 saturated carbocycles. The Kier molecular flexibility index (Phi) is 6.70. The fourth-order valence-electron chi connectivity index (χ4n) is 4.34. The minimum absolute atomic E-state index is 0.0736. The molecule has 0 radical (unpaired) electrons. The molecular weight excluding hydrogens is 324 g/mol. The summed E-state index contributed by atoms with van der Waals surface area (Å²) in [6.45, 7) is 3.44. The Balaban J connectivity index is 1.43. The molecule has 3 rings (SSSR count). The smallest absolute Gasteiger partial charge is 0.244 e. The third-order valence-corrected chi connectivity index (χ3v) is 6.00. The van der Waals surface area contributed by atoms with Crippen LogP contribution in [0.25, 0.3) is 0 Å². The zero-order valence-corrected chi connectivity index (χ0v) is 16.0. The monoisotopic (exact) mass is 356 g/mol. The van der Waals surface area contributed by atoms with Gasteiger partial charge in [0.2, 0.25) is 11.8 Å². The van der Waals surface area contributed by atoms with Crippen LogP contribution in [0.15, 0.2) is 30.3 Å². The molecule has 1 aromatic carbocycles. The summed E-state index contributed by atoms with van der Waals surface area (Å²) in [7, 11) is 0. The molecule has 1 N–H and O–H groups in total. The minimum Gasteiger partial charge on any atom is -0.344 e. The fraction of sp³-hybridized carbons (Fsp3) is 0.636. The second-order valence-electron chi connectivity index (χ2n) is 8.02. The van der Waals surface area contributed by atoms with Crippen LogP contribution in [-0.4, -0.2) is 35.8 Å². The molecule has 26 heavy (non-hydrogen) atoms. The Hall–Kier alpha value is -1.84. The van der Waals surface area contributed by atoms with Crippen LogP contribution in [0.4, 0.5) is 0 Å². The van der Waals surface area contributed by atoms with Crippen LogP contribution in [-0.2, 0) is 16.0 Å². The minimum atomic E-state index is -0.407. The molecule has 1 aliphatic heterocycles. The van der Waals surface area contributed by atoms with Gasteiger partial charge in [0.05, 0.1) is 0 Å². The SMILES string of the molecule is C[C@H](NC(=O)C1CCCCC1)C(=O)N1CCC(Cc2ccccc2)CC1. The maximum atomic E-state index is 12.7. The van der Waals surface area contributed by atoms with E-state index < -0.39 is 6.04 Å². The average molecular weight is 357 g/mol. The van der Waals surface area contributed by atoms with Crippen molar-refractivity contribution >= 4 is 11.8 Å². The van der Waals surface area contributed by atoms with Gasteiger partial charge < -0.3 is 10.2 Å². The van der Waals surface area contributed by atoms with Gasteiger partial charge in [0.15, 0.2) is 0 Å². The number of amides is 2. The van der Waals surface area contributed by atoms with Crippen LogP contribution >= 0.6 is 0 Å². The van der Waals surface area contributed by atoms with Gasteiger partial charge in [0.1, 0.15) is 6.04 Å². The quantitative estimate of drug-likeness (QED) is 0.877. The van der Waals surface area contributed by atoms with Gasteiger partial charge in [0.25, 0.3) is 0 Å². The van der Waals surface area contributed by atoms with Crippen molar-refractivity contribution in [3.8, 4) is 0 Å². The van der Waals surface area contributed by atoms with E-state index in [1.54, 1.807) is 0 Å². The molecule has 1 saturated heterocycles. The highest BCUT2D eigenvalue weighted by molar-refractivity contribution is 5.88. The van der Waals surface area contributed by atoms with Gasteiger partial charge in [-0.05, 0) is 50.5 Å². The third kappa shape index (κ3) is 5.09. The van der Waals surface area contributed by atoms with Crippen LogP contribution in [0, 0.1) is 11.8 Å². The highest BCUT2D eigenvalue weighted by Gasteiger charge is 2.29. The zero-order chi connectivity index (χ0) is 18.4. The third-order valence-electron chi connectivity index (χ3n) is 6.00. The van der Waals surface area contributed by atoms with Crippen LogP contribution < -0.4 is 5.32 Å². The molecule has 2 amide bonds. The van der Waals surface area contributed by atoms with Gasteiger partial charge in [-0.2, -0.15) is 0 Å². The lowest BCUT2D eigenvalue weighted by molar-refractivity contribution is -0.138. The number of likely N-dealkylation sites (tertiary alicyclic amines) is 1. The van der Waals surface area contributed by atoms with E-state index in [1.807, 2.05) is 17.9 Å². The van der Waals surface area contributed by atoms with Crippen molar-refractivity contribution in [2.24, 2.45) is 11.8 Å². The van der Waals surface area contributed by atoms with Crippen molar-refractivity contribution in [3.05, 3.63) is 35.9 Å². The number of hydrogen-bond acceptors (Lipinski definition) is 2. The van der Waals surface area contributed by atoms with E-state index in [1.165, 1.54) is 12.0 Å². The Morgan fingerprint density at radius 3 is 2.35 bits per heavy atom. The molecule has 0 bridgehead atoms. The number of nitrogens with zero attached hydrogens (tertiary/aromatic N) is 1. The van der Waals surface area contributed by atoms with E-state index in [0.29, 0.717) is 5.92 Å². The Bertz CT molecular complexity index is 587. The normalized spacial score (nSPS) is 20.6. The summed E-state index contributed by atoms with van der Waals surface area (Å²) in [5.41, 5.74) is 1.38. The molecule has 1 aromatic rings. The number of benzene rings is 1. The average Bonchev–Trinajstić information content (AvgIpc) is 2.69. The first kappa shape index (κ1) is 18.9. The second kappa shape index (κ2) is 9.20. The van der Waals surface area contributed by atoms with Gasteiger partial charge in [-0.3, -0.25) is 9.59 Å². The zero-order valence-electron chi connectivity index (χ0n) is 16.0. The number of hydrogen-bond donors (Lipinski definition) is 1. The molecule has 2 aliphatic rings. The number of carbonyl (C=O) groups excluding carboxylic acids is 2. The lowest BCUT2D eigenvalue weighted by Gasteiger charge is -2.34. The van der Waals surface area contributed by atoms with Gasteiger partial charge in [0, 0.05) is 19.0 Å². The van der Waals surface area contributed by atoms with E-state index >= 15 is 0 Å². The van der Waals surface area contributed by atoms with Crippen molar-refractivity contribution in [1.29, 1.82) is 0 Å². The molecule has 4 heteroatoms. The predicted octanol–water partition coefficient (Wildman–Crippen LogP) is 3.55. The molecule has 4 nitrogen and oxygen atoms in total. The van der Waals surface area contributed by atoms with Crippen LogP contribution in [0.3, 0.4) is 0 Å². The first-order chi connectivity index (χ1) is 12.6. The molecule has 0 aromatic heterocycles. The standard InChI is InChI=1S/C22H32N2O2/c1-17(23-21(25)20-10-6-3-7-11-20)22(26)24-14-12-19(13-15-24)16-18-8-4-2-5-9-18/h2,4-5,8-9,17,19-20H,3,6-7,10-16H2,1H3,(H,23,25)/t17-/m0/s1. The van der Waals surface area contributed by atoms with Crippen LogP contribution in [0.1, 0.15) is 57.4 Å². The summed E-state index contributed by atoms with van der Waals surface area (Å²) in [4.78, 5) is 27.0. The second-order valence-corrected chi connectivity index (χ2v) is 8.02. The van der Waals surface area contributed by atoms with Gasteiger partial charge in [-0.25, -0.2) is 0 Å². The molecule has 1 atom stereocenters. The first-order valence-electron chi connectivity index (χ1n) is 10.3. The van der Waals surface area contributed by atoms with Crippen LogP contribution in [0.2, 0.25) is 0 Å². The predicted molar refractivity (Wildman–Crippen MR) is 104 cm³/mol. The number of carbonyl (C=O) groups is 2. The summed E-state index contributed by atoms with van der Waals surface area (Å²) in [6.07, 6.45) is 8.63. The lowest BCUT2D eigenvalue weighted by Crippen LogP contribution is -2.50. The molecule has 0 spiro atoms. The van der Waals surface area contributed by atoms with Gasteiger partial charge in [-0.15, -0.1) is 0 Å².